The molecule has 0 saturated heterocycles. The Morgan fingerprint density at radius 1 is 1.50 bits per heavy atom. The Morgan fingerprint density at radius 2 is 2.22 bits per heavy atom. The highest BCUT2D eigenvalue weighted by molar-refractivity contribution is 5.99. The van der Waals surface area contributed by atoms with Gasteiger partial charge in [0, 0.05) is 6.42 Å². The van der Waals surface area contributed by atoms with E-state index >= 15 is 0 Å². The van der Waals surface area contributed by atoms with Crippen molar-refractivity contribution in [2.24, 2.45) is 5.73 Å². The van der Waals surface area contributed by atoms with Gasteiger partial charge in [-0.1, -0.05) is 0 Å². The average molecular weight is 255 g/mol. The average Bonchev–Trinajstić information content (AvgIpc) is 2.39. The van der Waals surface area contributed by atoms with E-state index in [0.717, 1.165) is 0 Å². The quantitative estimate of drug-likeness (QED) is 0.817. The van der Waals surface area contributed by atoms with Crippen molar-refractivity contribution in [3.63, 3.8) is 0 Å². The van der Waals surface area contributed by atoms with E-state index in [1.165, 1.54) is 13.2 Å². The SMILES string of the molecule is COc1c(C(=O)CCN)cc2c(c1F)OCCO2. The van der Waals surface area contributed by atoms with Crippen molar-refractivity contribution >= 4 is 5.78 Å². The number of fused-ring (bicyclic) bond motifs is 1. The van der Waals surface area contributed by atoms with Gasteiger partial charge in [-0.3, -0.25) is 4.79 Å². The van der Waals surface area contributed by atoms with E-state index in [2.05, 4.69) is 0 Å². The summed E-state index contributed by atoms with van der Waals surface area (Å²) in [6.07, 6.45) is 0.120. The lowest BCUT2D eigenvalue weighted by molar-refractivity contribution is 0.0979. The Labute approximate surface area is 104 Å². The summed E-state index contributed by atoms with van der Waals surface area (Å²) in [4.78, 5) is 11.8. The van der Waals surface area contributed by atoms with Crippen LogP contribution in [0.1, 0.15) is 16.8 Å². The Kier molecular flexibility index (Phi) is 3.66. The van der Waals surface area contributed by atoms with Crippen LogP contribution in [0.3, 0.4) is 0 Å². The number of hydrogen-bond donors (Lipinski definition) is 1. The monoisotopic (exact) mass is 255 g/mol. The van der Waals surface area contributed by atoms with Crippen LogP contribution in [0.4, 0.5) is 4.39 Å². The molecule has 1 aromatic carbocycles. The largest absolute Gasteiger partial charge is 0.493 e. The van der Waals surface area contributed by atoms with E-state index in [0.29, 0.717) is 6.61 Å². The smallest absolute Gasteiger partial charge is 0.211 e. The van der Waals surface area contributed by atoms with Gasteiger partial charge in [-0.2, -0.15) is 4.39 Å². The summed E-state index contributed by atoms with van der Waals surface area (Å²) < 4.78 is 29.5. The molecule has 0 aromatic heterocycles. The second-order valence-electron chi connectivity index (χ2n) is 3.76. The van der Waals surface area contributed by atoms with Crippen molar-refractivity contribution in [1.29, 1.82) is 0 Å². The molecule has 2 N–H and O–H groups in total. The number of rotatable bonds is 4. The Bertz CT molecular complexity index is 476. The first-order valence-corrected chi connectivity index (χ1v) is 5.58. The number of ketones is 1. The number of carbonyl (C=O) groups excluding carboxylic acids is 1. The first kappa shape index (κ1) is 12.6. The van der Waals surface area contributed by atoms with Crippen LogP contribution in [0.5, 0.6) is 17.2 Å². The molecule has 1 aliphatic heterocycles. The maximum atomic E-state index is 14.1. The number of hydrogen-bond acceptors (Lipinski definition) is 5. The van der Waals surface area contributed by atoms with Gasteiger partial charge < -0.3 is 19.9 Å². The first-order chi connectivity index (χ1) is 8.69. The van der Waals surface area contributed by atoms with Crippen LogP contribution < -0.4 is 19.9 Å². The van der Waals surface area contributed by atoms with Gasteiger partial charge >= 0.3 is 0 Å². The number of carbonyl (C=O) groups is 1. The third-order valence-electron chi connectivity index (χ3n) is 2.61. The number of ether oxygens (including phenoxy) is 3. The number of nitrogens with two attached hydrogens (primary N) is 1. The molecule has 0 bridgehead atoms. The van der Waals surface area contributed by atoms with E-state index in [4.69, 9.17) is 19.9 Å². The molecule has 0 atom stereocenters. The standard InChI is InChI=1S/C12H14FNO4/c1-16-11-7(8(15)2-3-14)6-9-12(10(11)13)18-5-4-17-9/h6H,2-5,14H2,1H3. The Balaban J connectivity index is 2.52. The fourth-order valence-corrected chi connectivity index (χ4v) is 1.80. The highest BCUT2D eigenvalue weighted by Gasteiger charge is 2.26. The minimum absolute atomic E-state index is 0.0117. The van der Waals surface area contributed by atoms with Gasteiger partial charge in [0.2, 0.25) is 11.6 Å². The lowest BCUT2D eigenvalue weighted by atomic mass is 10.1. The summed E-state index contributed by atoms with van der Waals surface area (Å²) in [5.74, 6) is -0.916. The molecule has 18 heavy (non-hydrogen) atoms. The summed E-state index contributed by atoms with van der Waals surface area (Å²) in [6, 6.07) is 1.44. The molecule has 5 nitrogen and oxygen atoms in total. The Hall–Kier alpha value is -1.82. The van der Waals surface area contributed by atoms with E-state index in [1.54, 1.807) is 0 Å². The molecule has 0 saturated carbocycles. The number of benzene rings is 1. The number of Topliss-reactive ketones (excluding diaryl/α,β-unsaturated/α-hetero) is 1. The fraction of sp³-hybridized carbons (Fsp3) is 0.417. The number of halogens is 1. The zero-order valence-corrected chi connectivity index (χ0v) is 9.99. The summed E-state index contributed by atoms with van der Waals surface area (Å²) in [5.41, 5.74) is 5.45. The van der Waals surface area contributed by atoms with Crippen molar-refractivity contribution in [2.75, 3.05) is 26.9 Å². The van der Waals surface area contributed by atoms with Gasteiger partial charge in [-0.05, 0) is 12.6 Å². The van der Waals surface area contributed by atoms with Gasteiger partial charge in [0.25, 0.3) is 0 Å². The van der Waals surface area contributed by atoms with Crippen LogP contribution >= 0.6 is 0 Å². The van der Waals surface area contributed by atoms with Crippen molar-refractivity contribution in [1.82, 2.24) is 0 Å². The summed E-state index contributed by atoms with van der Waals surface area (Å²) >= 11 is 0. The molecule has 0 spiro atoms. The van der Waals surface area contributed by atoms with E-state index in [-0.39, 0.29) is 48.2 Å². The minimum atomic E-state index is -0.713. The topological polar surface area (TPSA) is 70.8 Å². The van der Waals surface area contributed by atoms with Crippen LogP contribution in [0, 0.1) is 5.82 Å². The second kappa shape index (κ2) is 5.22. The molecule has 0 amide bonds. The third-order valence-corrected chi connectivity index (χ3v) is 2.61. The van der Waals surface area contributed by atoms with Gasteiger partial charge in [-0.15, -0.1) is 0 Å². The van der Waals surface area contributed by atoms with Gasteiger partial charge in [0.15, 0.2) is 17.3 Å². The Morgan fingerprint density at radius 3 is 2.89 bits per heavy atom. The van der Waals surface area contributed by atoms with Crippen molar-refractivity contribution in [3.8, 4) is 17.2 Å². The molecule has 1 aromatic rings. The summed E-state index contributed by atoms with van der Waals surface area (Å²) in [5, 5.41) is 0. The van der Waals surface area contributed by atoms with Crippen LogP contribution in [0.2, 0.25) is 0 Å². The van der Waals surface area contributed by atoms with E-state index in [1.807, 2.05) is 0 Å². The highest BCUT2D eigenvalue weighted by atomic mass is 19.1. The van der Waals surface area contributed by atoms with Crippen molar-refractivity contribution in [2.45, 2.75) is 6.42 Å². The van der Waals surface area contributed by atoms with Crippen LogP contribution in [-0.4, -0.2) is 32.7 Å². The predicted octanol–water partition coefficient (Wildman–Crippen LogP) is 1.14. The first-order valence-electron chi connectivity index (χ1n) is 5.58. The predicted molar refractivity (Wildman–Crippen MR) is 61.9 cm³/mol. The zero-order valence-electron chi connectivity index (χ0n) is 9.99. The van der Waals surface area contributed by atoms with Gasteiger partial charge in [0.05, 0.1) is 12.7 Å². The summed E-state index contributed by atoms with van der Waals surface area (Å²) in [7, 11) is 1.30. The maximum Gasteiger partial charge on any atom is 0.211 e. The summed E-state index contributed by atoms with van der Waals surface area (Å²) in [6.45, 7) is 0.782. The zero-order chi connectivity index (χ0) is 13.1. The lowest BCUT2D eigenvalue weighted by Crippen LogP contribution is -2.18. The van der Waals surface area contributed by atoms with Crippen LogP contribution in [-0.2, 0) is 0 Å². The molecule has 2 rings (SSSR count). The maximum absolute atomic E-state index is 14.1. The number of methoxy groups -OCH3 is 1. The molecule has 98 valence electrons. The van der Waals surface area contributed by atoms with Crippen molar-refractivity contribution in [3.05, 3.63) is 17.4 Å². The molecule has 0 fully saturated rings. The van der Waals surface area contributed by atoms with Crippen molar-refractivity contribution < 1.29 is 23.4 Å². The third kappa shape index (κ3) is 2.11. The molecule has 1 aliphatic rings. The molecule has 6 heteroatoms. The molecule has 0 radical (unpaired) electrons. The van der Waals surface area contributed by atoms with E-state index < -0.39 is 5.82 Å². The fourth-order valence-electron chi connectivity index (χ4n) is 1.80. The van der Waals surface area contributed by atoms with Crippen LogP contribution in [0.25, 0.3) is 0 Å². The lowest BCUT2D eigenvalue weighted by Gasteiger charge is -2.21. The second-order valence-corrected chi connectivity index (χ2v) is 3.76. The van der Waals surface area contributed by atoms with Crippen LogP contribution in [0.15, 0.2) is 6.07 Å². The van der Waals surface area contributed by atoms with E-state index in [9.17, 15) is 9.18 Å². The van der Waals surface area contributed by atoms with Gasteiger partial charge in [0.1, 0.15) is 13.2 Å². The molecule has 1 heterocycles. The van der Waals surface area contributed by atoms with Gasteiger partial charge in [-0.25, -0.2) is 0 Å². The molecule has 0 unspecified atom stereocenters. The molecular weight excluding hydrogens is 241 g/mol. The molecular formula is C12H14FNO4. The normalized spacial score (nSPS) is 13.3. The minimum Gasteiger partial charge on any atom is -0.493 e. The highest BCUT2D eigenvalue weighted by Crippen LogP contribution is 2.40. The molecule has 0 aliphatic carbocycles.